The van der Waals surface area contributed by atoms with Gasteiger partial charge < -0.3 is 9.13 Å². The lowest BCUT2D eigenvalue weighted by Crippen LogP contribution is -2.07. The van der Waals surface area contributed by atoms with Gasteiger partial charge in [-0.3, -0.25) is 4.79 Å². The molecule has 2 aromatic heterocycles. The molecule has 0 aliphatic heterocycles. The standard InChI is InChI=1S/C12H15N3O/c1-11(16)12-4-2-7-15(12)8-3-6-14-9-5-13-10-14/h2,4-5,7,9-10H,3,6,8H2,1H3. The molecule has 2 rings (SSSR count). The highest BCUT2D eigenvalue weighted by atomic mass is 16.1. The van der Waals surface area contributed by atoms with Gasteiger partial charge in [0.05, 0.1) is 12.0 Å². The van der Waals surface area contributed by atoms with E-state index in [0.717, 1.165) is 25.2 Å². The van der Waals surface area contributed by atoms with E-state index in [0.29, 0.717) is 0 Å². The number of aromatic nitrogens is 3. The second kappa shape index (κ2) is 4.79. The van der Waals surface area contributed by atoms with Crippen molar-refractivity contribution < 1.29 is 4.79 Å². The molecule has 2 aromatic rings. The van der Waals surface area contributed by atoms with Gasteiger partial charge in [0.2, 0.25) is 0 Å². The van der Waals surface area contributed by atoms with E-state index in [1.807, 2.05) is 40.0 Å². The third-order valence-corrected chi connectivity index (χ3v) is 2.56. The lowest BCUT2D eigenvalue weighted by molar-refractivity contribution is 0.100. The summed E-state index contributed by atoms with van der Waals surface area (Å²) in [6.45, 7) is 3.39. The number of Topliss-reactive ketones (excluding diaryl/α,β-unsaturated/α-hetero) is 1. The van der Waals surface area contributed by atoms with E-state index in [1.165, 1.54) is 0 Å². The van der Waals surface area contributed by atoms with Gasteiger partial charge in [0, 0.05) is 38.6 Å². The number of rotatable bonds is 5. The number of imidazole rings is 1. The number of hydrogen-bond acceptors (Lipinski definition) is 2. The van der Waals surface area contributed by atoms with Crippen molar-refractivity contribution in [2.24, 2.45) is 0 Å². The number of nitrogens with zero attached hydrogens (tertiary/aromatic N) is 3. The minimum Gasteiger partial charge on any atom is -0.345 e. The molecule has 0 bridgehead atoms. The zero-order valence-electron chi connectivity index (χ0n) is 9.34. The van der Waals surface area contributed by atoms with Gasteiger partial charge in [-0.25, -0.2) is 4.98 Å². The number of carbonyl (C=O) groups is 1. The number of ketones is 1. The molecule has 0 fully saturated rings. The molecular weight excluding hydrogens is 202 g/mol. The number of carbonyl (C=O) groups excluding carboxylic acids is 1. The molecule has 4 heteroatoms. The topological polar surface area (TPSA) is 39.8 Å². The third kappa shape index (κ3) is 2.39. The third-order valence-electron chi connectivity index (χ3n) is 2.56. The second-order valence-corrected chi connectivity index (χ2v) is 3.80. The van der Waals surface area contributed by atoms with Gasteiger partial charge in [-0.05, 0) is 18.6 Å². The fraction of sp³-hybridized carbons (Fsp3) is 0.333. The molecule has 84 valence electrons. The van der Waals surface area contributed by atoms with Crippen LogP contribution in [0.3, 0.4) is 0 Å². The Labute approximate surface area is 94.5 Å². The zero-order valence-corrected chi connectivity index (χ0v) is 9.34. The number of aryl methyl sites for hydroxylation is 2. The maximum atomic E-state index is 11.3. The Kier molecular flexibility index (Phi) is 3.19. The van der Waals surface area contributed by atoms with E-state index in [4.69, 9.17) is 0 Å². The highest BCUT2D eigenvalue weighted by Crippen LogP contribution is 2.05. The van der Waals surface area contributed by atoms with Crippen molar-refractivity contribution in [1.29, 1.82) is 0 Å². The van der Waals surface area contributed by atoms with Gasteiger partial charge in [-0.15, -0.1) is 0 Å². The number of hydrogen-bond donors (Lipinski definition) is 0. The molecular formula is C12H15N3O. The van der Waals surface area contributed by atoms with Gasteiger partial charge in [-0.2, -0.15) is 0 Å². The summed E-state index contributed by atoms with van der Waals surface area (Å²) in [5.74, 6) is 0.118. The van der Waals surface area contributed by atoms with Crippen LogP contribution < -0.4 is 0 Å². The van der Waals surface area contributed by atoms with Crippen molar-refractivity contribution in [2.45, 2.75) is 26.4 Å². The Morgan fingerprint density at radius 1 is 1.38 bits per heavy atom. The lowest BCUT2D eigenvalue weighted by atomic mass is 10.3. The Balaban J connectivity index is 1.90. The summed E-state index contributed by atoms with van der Waals surface area (Å²) in [6, 6.07) is 3.77. The van der Waals surface area contributed by atoms with Crippen LogP contribution in [0.15, 0.2) is 37.1 Å². The fourth-order valence-corrected chi connectivity index (χ4v) is 1.77. The normalized spacial score (nSPS) is 10.6. The molecule has 0 aromatic carbocycles. The molecule has 2 heterocycles. The van der Waals surface area contributed by atoms with E-state index in [9.17, 15) is 4.79 Å². The highest BCUT2D eigenvalue weighted by Gasteiger charge is 2.04. The molecule has 0 aliphatic rings. The SMILES string of the molecule is CC(=O)c1cccn1CCCn1ccnc1. The van der Waals surface area contributed by atoms with Gasteiger partial charge in [-0.1, -0.05) is 0 Å². The summed E-state index contributed by atoms with van der Waals surface area (Å²) >= 11 is 0. The highest BCUT2D eigenvalue weighted by molar-refractivity contribution is 5.92. The summed E-state index contributed by atoms with van der Waals surface area (Å²) < 4.78 is 4.04. The Morgan fingerprint density at radius 2 is 2.25 bits per heavy atom. The van der Waals surface area contributed by atoms with Gasteiger partial charge in [0.1, 0.15) is 0 Å². The van der Waals surface area contributed by atoms with Crippen LogP contribution in [-0.2, 0) is 13.1 Å². The van der Waals surface area contributed by atoms with Crippen LogP contribution in [0.2, 0.25) is 0 Å². The van der Waals surface area contributed by atoms with Gasteiger partial charge in [0.25, 0.3) is 0 Å². The smallest absolute Gasteiger partial charge is 0.176 e. The van der Waals surface area contributed by atoms with E-state index in [2.05, 4.69) is 4.98 Å². The summed E-state index contributed by atoms with van der Waals surface area (Å²) in [5, 5.41) is 0. The Morgan fingerprint density at radius 3 is 2.94 bits per heavy atom. The molecule has 0 aliphatic carbocycles. The van der Waals surface area contributed by atoms with Gasteiger partial charge >= 0.3 is 0 Å². The Bertz CT molecular complexity index is 456. The van der Waals surface area contributed by atoms with Crippen molar-refractivity contribution >= 4 is 5.78 Å². The molecule has 0 unspecified atom stereocenters. The van der Waals surface area contributed by atoms with Crippen LogP contribution in [0.4, 0.5) is 0 Å². The summed E-state index contributed by atoms with van der Waals surface area (Å²) in [7, 11) is 0. The van der Waals surface area contributed by atoms with E-state index in [1.54, 1.807) is 13.1 Å². The van der Waals surface area contributed by atoms with Crippen LogP contribution in [0, 0.1) is 0 Å². The summed E-state index contributed by atoms with van der Waals surface area (Å²) in [6.07, 6.45) is 8.47. The summed E-state index contributed by atoms with van der Waals surface area (Å²) in [4.78, 5) is 15.3. The van der Waals surface area contributed by atoms with Crippen molar-refractivity contribution in [2.75, 3.05) is 0 Å². The molecule has 0 radical (unpaired) electrons. The molecule has 4 nitrogen and oxygen atoms in total. The molecule has 0 amide bonds. The first kappa shape index (κ1) is 10.7. The van der Waals surface area contributed by atoms with Crippen LogP contribution in [0.5, 0.6) is 0 Å². The molecule has 0 atom stereocenters. The van der Waals surface area contributed by atoms with E-state index < -0.39 is 0 Å². The van der Waals surface area contributed by atoms with Crippen molar-refractivity contribution in [3.05, 3.63) is 42.7 Å². The average Bonchev–Trinajstić information content (AvgIpc) is 2.87. The molecule has 0 saturated carbocycles. The largest absolute Gasteiger partial charge is 0.345 e. The monoisotopic (exact) mass is 217 g/mol. The zero-order chi connectivity index (χ0) is 11.4. The maximum absolute atomic E-state index is 11.3. The Hall–Kier alpha value is -1.84. The van der Waals surface area contributed by atoms with E-state index in [-0.39, 0.29) is 5.78 Å². The first-order chi connectivity index (χ1) is 7.77. The minimum absolute atomic E-state index is 0.118. The maximum Gasteiger partial charge on any atom is 0.176 e. The molecule has 0 spiro atoms. The van der Waals surface area contributed by atoms with Gasteiger partial charge in [0.15, 0.2) is 5.78 Å². The first-order valence-corrected chi connectivity index (χ1v) is 5.39. The van der Waals surface area contributed by atoms with Crippen LogP contribution in [-0.4, -0.2) is 19.9 Å². The lowest BCUT2D eigenvalue weighted by Gasteiger charge is -2.07. The first-order valence-electron chi connectivity index (χ1n) is 5.39. The fourth-order valence-electron chi connectivity index (χ4n) is 1.77. The molecule has 16 heavy (non-hydrogen) atoms. The van der Waals surface area contributed by atoms with E-state index >= 15 is 0 Å². The van der Waals surface area contributed by atoms with Crippen molar-refractivity contribution in [1.82, 2.24) is 14.1 Å². The molecule has 0 N–H and O–H groups in total. The van der Waals surface area contributed by atoms with Crippen LogP contribution >= 0.6 is 0 Å². The van der Waals surface area contributed by atoms with Crippen LogP contribution in [0.1, 0.15) is 23.8 Å². The van der Waals surface area contributed by atoms with Crippen molar-refractivity contribution in [3.63, 3.8) is 0 Å². The predicted octanol–water partition coefficient (Wildman–Crippen LogP) is 1.98. The average molecular weight is 217 g/mol. The van der Waals surface area contributed by atoms with Crippen molar-refractivity contribution in [3.8, 4) is 0 Å². The minimum atomic E-state index is 0.118. The quantitative estimate of drug-likeness (QED) is 0.718. The summed E-state index contributed by atoms with van der Waals surface area (Å²) in [5.41, 5.74) is 0.783. The second-order valence-electron chi connectivity index (χ2n) is 3.80. The predicted molar refractivity (Wildman–Crippen MR) is 61.3 cm³/mol. The van der Waals surface area contributed by atoms with Crippen LogP contribution in [0.25, 0.3) is 0 Å². The molecule has 0 saturated heterocycles.